The van der Waals surface area contributed by atoms with E-state index in [2.05, 4.69) is 15.5 Å². The number of aromatic nitrogens is 2. The van der Waals surface area contributed by atoms with E-state index in [-0.39, 0.29) is 11.8 Å². The van der Waals surface area contributed by atoms with Crippen LogP contribution in [0.15, 0.2) is 62.5 Å². The van der Waals surface area contributed by atoms with Crippen molar-refractivity contribution in [3.8, 4) is 0 Å². The van der Waals surface area contributed by atoms with Crippen molar-refractivity contribution in [3.05, 3.63) is 60.4 Å². The van der Waals surface area contributed by atoms with Gasteiger partial charge < -0.3 is 8.83 Å². The van der Waals surface area contributed by atoms with Gasteiger partial charge in [0.1, 0.15) is 0 Å². The molecule has 3 rings (SSSR count). The average molecular weight is 301 g/mol. The third-order valence-corrected chi connectivity index (χ3v) is 3.53. The highest BCUT2D eigenvalue weighted by Gasteiger charge is 2.13. The maximum atomic E-state index is 11.7. The van der Waals surface area contributed by atoms with Crippen LogP contribution in [0, 0.1) is 0 Å². The standard InChI is InChI=1S/C14H11N3O3S/c18-13(11-7-4-8-19-11)15-14-17-16-12(20-14)9-21-10-5-2-1-3-6-10/h1-8H,9H2,(H,15,17,18). The van der Waals surface area contributed by atoms with Crippen LogP contribution in [0.1, 0.15) is 16.4 Å². The molecule has 2 heterocycles. The molecule has 0 atom stereocenters. The van der Waals surface area contributed by atoms with Crippen molar-refractivity contribution in [2.75, 3.05) is 5.32 Å². The first-order valence-corrected chi connectivity index (χ1v) is 7.15. The van der Waals surface area contributed by atoms with Crippen molar-refractivity contribution >= 4 is 23.7 Å². The molecule has 0 aliphatic rings. The van der Waals surface area contributed by atoms with E-state index in [1.54, 1.807) is 23.9 Å². The van der Waals surface area contributed by atoms with Crippen LogP contribution in [-0.4, -0.2) is 16.1 Å². The molecule has 1 amide bonds. The molecule has 7 heteroatoms. The van der Waals surface area contributed by atoms with Crippen LogP contribution in [0.5, 0.6) is 0 Å². The van der Waals surface area contributed by atoms with Gasteiger partial charge in [0.2, 0.25) is 5.89 Å². The summed E-state index contributed by atoms with van der Waals surface area (Å²) in [5.41, 5.74) is 0. The number of carbonyl (C=O) groups excluding carboxylic acids is 1. The second-order valence-corrected chi connectivity index (χ2v) is 5.08. The van der Waals surface area contributed by atoms with Crippen molar-refractivity contribution in [2.45, 2.75) is 10.6 Å². The molecule has 0 radical (unpaired) electrons. The molecule has 106 valence electrons. The van der Waals surface area contributed by atoms with E-state index in [0.29, 0.717) is 11.6 Å². The molecule has 1 N–H and O–H groups in total. The van der Waals surface area contributed by atoms with Crippen LogP contribution in [0.4, 0.5) is 6.01 Å². The van der Waals surface area contributed by atoms with E-state index in [9.17, 15) is 4.79 Å². The van der Waals surface area contributed by atoms with Crippen LogP contribution < -0.4 is 5.32 Å². The lowest BCUT2D eigenvalue weighted by atomic mass is 10.4. The van der Waals surface area contributed by atoms with Gasteiger partial charge in [-0.15, -0.1) is 16.9 Å². The fourth-order valence-corrected chi connectivity index (χ4v) is 2.35. The van der Waals surface area contributed by atoms with Crippen molar-refractivity contribution in [2.24, 2.45) is 0 Å². The van der Waals surface area contributed by atoms with Crippen LogP contribution >= 0.6 is 11.8 Å². The number of nitrogens with one attached hydrogen (secondary N) is 1. The van der Waals surface area contributed by atoms with Gasteiger partial charge >= 0.3 is 6.01 Å². The van der Waals surface area contributed by atoms with Crippen LogP contribution in [-0.2, 0) is 5.75 Å². The molecule has 0 fully saturated rings. The van der Waals surface area contributed by atoms with E-state index >= 15 is 0 Å². The Balaban J connectivity index is 1.57. The molecule has 0 saturated heterocycles. The van der Waals surface area contributed by atoms with E-state index in [4.69, 9.17) is 8.83 Å². The molecular formula is C14H11N3O3S. The summed E-state index contributed by atoms with van der Waals surface area (Å²) in [5, 5.41) is 10.1. The van der Waals surface area contributed by atoms with E-state index in [0.717, 1.165) is 4.90 Å². The molecule has 6 nitrogen and oxygen atoms in total. The lowest BCUT2D eigenvalue weighted by Crippen LogP contribution is -2.10. The summed E-state index contributed by atoms with van der Waals surface area (Å²) in [4.78, 5) is 12.8. The normalized spacial score (nSPS) is 10.5. The number of hydrogen-bond acceptors (Lipinski definition) is 6. The van der Waals surface area contributed by atoms with Crippen LogP contribution in [0.2, 0.25) is 0 Å². The second kappa shape index (κ2) is 6.27. The molecule has 2 aromatic heterocycles. The minimum atomic E-state index is -0.425. The van der Waals surface area contributed by atoms with Gasteiger partial charge in [0.25, 0.3) is 5.91 Å². The van der Waals surface area contributed by atoms with Gasteiger partial charge in [-0.05, 0) is 24.3 Å². The first-order chi connectivity index (χ1) is 10.3. The summed E-state index contributed by atoms with van der Waals surface area (Å²) in [7, 11) is 0. The number of amides is 1. The monoisotopic (exact) mass is 301 g/mol. The molecule has 0 saturated carbocycles. The maximum Gasteiger partial charge on any atom is 0.322 e. The predicted molar refractivity (Wildman–Crippen MR) is 77.0 cm³/mol. The smallest absolute Gasteiger partial charge is 0.322 e. The predicted octanol–water partition coefficient (Wildman–Crippen LogP) is 3.21. The Hall–Kier alpha value is -2.54. The Morgan fingerprint density at radius 3 is 2.76 bits per heavy atom. The van der Waals surface area contributed by atoms with Crippen molar-refractivity contribution in [1.82, 2.24) is 10.2 Å². The molecule has 21 heavy (non-hydrogen) atoms. The Morgan fingerprint density at radius 1 is 1.14 bits per heavy atom. The SMILES string of the molecule is O=C(Nc1nnc(CSc2ccccc2)o1)c1ccco1. The van der Waals surface area contributed by atoms with Gasteiger partial charge in [0.05, 0.1) is 12.0 Å². The minimum Gasteiger partial charge on any atom is -0.459 e. The molecule has 0 aliphatic carbocycles. The third-order valence-electron chi connectivity index (χ3n) is 2.54. The summed E-state index contributed by atoms with van der Waals surface area (Å²) in [6.45, 7) is 0. The molecule has 3 aromatic rings. The summed E-state index contributed by atoms with van der Waals surface area (Å²) < 4.78 is 10.3. The summed E-state index contributed by atoms with van der Waals surface area (Å²) >= 11 is 1.58. The first-order valence-electron chi connectivity index (χ1n) is 6.16. The number of hydrogen-bond donors (Lipinski definition) is 1. The lowest BCUT2D eigenvalue weighted by molar-refractivity contribution is 0.0993. The van der Waals surface area contributed by atoms with Gasteiger partial charge in [-0.3, -0.25) is 10.1 Å². The van der Waals surface area contributed by atoms with Crippen LogP contribution in [0.3, 0.4) is 0 Å². The average Bonchev–Trinajstić information content (AvgIpc) is 3.18. The van der Waals surface area contributed by atoms with Crippen molar-refractivity contribution < 1.29 is 13.6 Å². The van der Waals surface area contributed by atoms with Crippen LogP contribution in [0.25, 0.3) is 0 Å². The molecule has 1 aromatic carbocycles. The zero-order chi connectivity index (χ0) is 14.5. The number of carbonyl (C=O) groups is 1. The minimum absolute atomic E-state index is 0.0556. The zero-order valence-electron chi connectivity index (χ0n) is 10.9. The van der Waals surface area contributed by atoms with E-state index in [1.165, 1.54) is 6.26 Å². The first kappa shape index (κ1) is 13.4. The van der Waals surface area contributed by atoms with E-state index in [1.807, 2.05) is 30.3 Å². The van der Waals surface area contributed by atoms with Gasteiger partial charge in [0.15, 0.2) is 5.76 Å². The van der Waals surface area contributed by atoms with Gasteiger partial charge in [-0.1, -0.05) is 23.3 Å². The second-order valence-electron chi connectivity index (χ2n) is 4.03. The van der Waals surface area contributed by atoms with Gasteiger partial charge in [0, 0.05) is 4.90 Å². The number of rotatable bonds is 5. The summed E-state index contributed by atoms with van der Waals surface area (Å²) in [6.07, 6.45) is 1.42. The molecule has 0 spiro atoms. The lowest BCUT2D eigenvalue weighted by Gasteiger charge is -1.97. The zero-order valence-corrected chi connectivity index (χ0v) is 11.7. The Morgan fingerprint density at radius 2 is 2.00 bits per heavy atom. The Kier molecular flexibility index (Phi) is 4.02. The maximum absolute atomic E-state index is 11.7. The van der Waals surface area contributed by atoms with E-state index < -0.39 is 5.91 Å². The van der Waals surface area contributed by atoms with Crippen molar-refractivity contribution in [1.29, 1.82) is 0 Å². The highest BCUT2D eigenvalue weighted by atomic mass is 32.2. The number of furan rings is 1. The van der Waals surface area contributed by atoms with Crippen molar-refractivity contribution in [3.63, 3.8) is 0 Å². The molecule has 0 aliphatic heterocycles. The third kappa shape index (κ3) is 3.51. The Bertz CT molecular complexity index is 710. The molecule has 0 unspecified atom stereocenters. The largest absolute Gasteiger partial charge is 0.459 e. The van der Waals surface area contributed by atoms with Gasteiger partial charge in [-0.2, -0.15) is 0 Å². The number of thioether (sulfide) groups is 1. The molecule has 0 bridgehead atoms. The fraction of sp³-hybridized carbons (Fsp3) is 0.0714. The fourth-order valence-electron chi connectivity index (χ4n) is 1.59. The molecular weight excluding hydrogens is 290 g/mol. The topological polar surface area (TPSA) is 81.2 Å². The Labute approximate surface area is 124 Å². The number of nitrogens with zero attached hydrogens (tertiary/aromatic N) is 2. The quantitative estimate of drug-likeness (QED) is 0.729. The number of benzene rings is 1. The summed E-state index contributed by atoms with van der Waals surface area (Å²) in [5.74, 6) is 0.742. The number of anilines is 1. The summed E-state index contributed by atoms with van der Waals surface area (Å²) in [6, 6.07) is 13.1. The highest BCUT2D eigenvalue weighted by molar-refractivity contribution is 7.98. The van der Waals surface area contributed by atoms with Gasteiger partial charge in [-0.25, -0.2) is 0 Å². The highest BCUT2D eigenvalue weighted by Crippen LogP contribution is 2.22.